The van der Waals surface area contributed by atoms with Crippen LogP contribution < -0.4 is 4.98 Å². The van der Waals surface area contributed by atoms with Crippen LogP contribution in [-0.4, -0.2) is 23.9 Å². The van der Waals surface area contributed by atoms with Gasteiger partial charge in [-0.25, -0.2) is 0 Å². The van der Waals surface area contributed by atoms with E-state index in [1.54, 1.807) is 25.4 Å². The normalized spacial score (nSPS) is 12.5. The summed E-state index contributed by atoms with van der Waals surface area (Å²) in [6.07, 6.45) is 4.70. The van der Waals surface area contributed by atoms with Crippen LogP contribution in [0.15, 0.2) is 0 Å². The molecule has 0 atom stereocenters. The Bertz CT molecular complexity index is 264. The van der Waals surface area contributed by atoms with Crippen molar-refractivity contribution in [2.45, 2.75) is 13.1 Å². The summed E-state index contributed by atoms with van der Waals surface area (Å²) in [5, 5.41) is 1.58. The smallest absolute Gasteiger partial charge is 0.318 e. The van der Waals surface area contributed by atoms with Gasteiger partial charge in [-0.2, -0.15) is 8.42 Å². The van der Waals surface area contributed by atoms with Gasteiger partial charge in [0, 0.05) is 0 Å². The zero-order chi connectivity index (χ0) is 9.12. The maximum Gasteiger partial charge on any atom is 0.329 e. The summed E-state index contributed by atoms with van der Waals surface area (Å²) >= 11 is 0. The van der Waals surface area contributed by atoms with E-state index in [0.29, 0.717) is 0 Å². The predicted molar refractivity (Wildman–Crippen MR) is 45.4 cm³/mol. The van der Waals surface area contributed by atoms with Crippen molar-refractivity contribution < 1.29 is 12.3 Å². The summed E-state index contributed by atoms with van der Waals surface area (Å²) < 4.78 is 26.1. The van der Waals surface area contributed by atoms with Gasteiger partial charge in [0.25, 0.3) is 8.48 Å². The molecule has 64 valence electrons. The molecule has 0 aliphatic rings. The number of nitrogens with one attached hydrogen (secondary N) is 1. The molecular formula is C5H11NO3SSi. The molecule has 0 rings (SSSR count). The summed E-state index contributed by atoms with van der Waals surface area (Å²) in [6.45, 7) is 3.39. The molecule has 0 aliphatic heterocycles. The van der Waals surface area contributed by atoms with Gasteiger partial charge in [0.2, 0.25) is 0 Å². The third-order valence-corrected chi connectivity index (χ3v) is 5.10. The topological polar surface area (TPSA) is 55.4 Å². The third kappa shape index (κ3) is 4.16. The Hall–Kier alpha value is -0.353. The van der Waals surface area contributed by atoms with Crippen molar-refractivity contribution in [2.75, 3.05) is 7.05 Å². The van der Waals surface area contributed by atoms with Gasteiger partial charge in [0.05, 0.1) is 5.25 Å². The molecule has 11 heavy (non-hydrogen) atoms. The lowest BCUT2D eigenvalue weighted by atomic mass is 11.4. The second-order valence-electron chi connectivity index (χ2n) is 2.42. The lowest BCUT2D eigenvalue weighted by Gasteiger charge is -2.18. The average Bonchev–Trinajstić information content (AvgIpc) is 1.86. The van der Waals surface area contributed by atoms with Crippen molar-refractivity contribution in [3.05, 3.63) is 0 Å². The van der Waals surface area contributed by atoms with Crippen molar-refractivity contribution in [1.29, 1.82) is 0 Å². The molecule has 0 bridgehead atoms. The van der Waals surface area contributed by atoms with Gasteiger partial charge in [-0.3, -0.25) is 3.87 Å². The fourth-order valence-electron chi connectivity index (χ4n) is 0.340. The molecule has 4 nitrogen and oxygen atoms in total. The molecule has 0 saturated carbocycles. The summed E-state index contributed by atoms with van der Waals surface area (Å²) in [5.74, 6) is 0. The quantitative estimate of drug-likeness (QED) is 0.500. The molecule has 0 aromatic rings. The van der Waals surface area contributed by atoms with E-state index in [0.717, 1.165) is 0 Å². The van der Waals surface area contributed by atoms with Crippen molar-refractivity contribution >= 4 is 18.6 Å². The molecule has 0 radical (unpaired) electrons. The van der Waals surface area contributed by atoms with E-state index >= 15 is 0 Å². The standard InChI is InChI=1S/C5H11NO3SSi/c1-5-10(7,8)9-11(3,4)6-2/h1,6H,2-4H3. The van der Waals surface area contributed by atoms with Crippen LogP contribution in [0.1, 0.15) is 0 Å². The van der Waals surface area contributed by atoms with Crippen LogP contribution in [0, 0.1) is 11.7 Å². The Morgan fingerprint density at radius 1 is 1.55 bits per heavy atom. The Labute approximate surface area is 68.3 Å². The van der Waals surface area contributed by atoms with E-state index in [-0.39, 0.29) is 0 Å². The Kier molecular flexibility index (Phi) is 3.25. The molecular weight excluding hydrogens is 182 g/mol. The minimum absolute atomic E-state index is 1.58. The van der Waals surface area contributed by atoms with Gasteiger partial charge in [0.1, 0.15) is 0 Å². The van der Waals surface area contributed by atoms with Gasteiger partial charge in [-0.1, -0.05) is 0 Å². The minimum atomic E-state index is -3.76. The molecule has 0 aliphatic carbocycles. The molecule has 0 unspecified atom stereocenters. The van der Waals surface area contributed by atoms with Gasteiger partial charge in [0.15, 0.2) is 0 Å². The zero-order valence-corrected chi connectivity index (χ0v) is 8.53. The first-order valence-corrected chi connectivity index (χ1v) is 7.26. The first-order valence-electron chi connectivity index (χ1n) is 2.95. The van der Waals surface area contributed by atoms with Crippen LogP contribution >= 0.6 is 0 Å². The molecule has 6 heteroatoms. The lowest BCUT2D eigenvalue weighted by molar-refractivity contribution is 0.488. The highest BCUT2D eigenvalue weighted by atomic mass is 32.2. The molecule has 0 aromatic heterocycles. The summed E-state index contributed by atoms with van der Waals surface area (Å²) in [7, 11) is -4.44. The van der Waals surface area contributed by atoms with Crippen LogP contribution in [-0.2, 0) is 14.0 Å². The van der Waals surface area contributed by atoms with E-state index in [2.05, 4.69) is 8.85 Å². The van der Waals surface area contributed by atoms with E-state index < -0.39 is 18.6 Å². The van der Waals surface area contributed by atoms with Gasteiger partial charge >= 0.3 is 10.1 Å². The third-order valence-electron chi connectivity index (χ3n) is 1.06. The Balaban J connectivity index is 4.42. The second-order valence-corrected chi connectivity index (χ2v) is 7.75. The largest absolute Gasteiger partial charge is 0.329 e. The Morgan fingerprint density at radius 2 is 2.00 bits per heavy atom. The zero-order valence-electron chi connectivity index (χ0n) is 6.71. The van der Waals surface area contributed by atoms with Crippen molar-refractivity contribution in [2.24, 2.45) is 0 Å². The van der Waals surface area contributed by atoms with Crippen LogP contribution in [0.25, 0.3) is 0 Å². The van der Waals surface area contributed by atoms with Crippen LogP contribution in [0.2, 0.25) is 13.1 Å². The highest BCUT2D eigenvalue weighted by Crippen LogP contribution is 2.03. The molecule has 0 saturated heterocycles. The molecule has 0 amide bonds. The SMILES string of the molecule is C#CS(=O)(=O)O[Si](C)(C)NC. The van der Waals surface area contributed by atoms with Crippen molar-refractivity contribution in [3.63, 3.8) is 0 Å². The number of rotatable bonds is 3. The summed E-state index contributed by atoms with van der Waals surface area (Å²) in [4.78, 5) is 2.77. The van der Waals surface area contributed by atoms with Crippen LogP contribution in [0.3, 0.4) is 0 Å². The summed E-state index contributed by atoms with van der Waals surface area (Å²) in [6, 6.07) is 0. The number of hydrogen-bond acceptors (Lipinski definition) is 4. The minimum Gasteiger partial charge on any atom is -0.318 e. The first-order chi connectivity index (χ1) is 4.83. The van der Waals surface area contributed by atoms with Gasteiger partial charge in [-0.15, -0.1) is 6.42 Å². The fraction of sp³-hybridized carbons (Fsp3) is 0.600. The maximum atomic E-state index is 10.7. The first kappa shape index (κ1) is 10.6. The van der Waals surface area contributed by atoms with Crippen molar-refractivity contribution in [1.82, 2.24) is 4.98 Å². The maximum absolute atomic E-state index is 10.7. The second kappa shape index (κ2) is 3.36. The molecule has 1 N–H and O–H groups in total. The van der Waals surface area contributed by atoms with E-state index in [9.17, 15) is 8.42 Å². The number of terminal acetylenes is 1. The van der Waals surface area contributed by atoms with Crippen LogP contribution in [0.4, 0.5) is 0 Å². The highest BCUT2D eigenvalue weighted by molar-refractivity contribution is 7.92. The lowest BCUT2D eigenvalue weighted by Crippen LogP contribution is -2.46. The van der Waals surface area contributed by atoms with E-state index in [1.807, 2.05) is 0 Å². The monoisotopic (exact) mass is 193 g/mol. The summed E-state index contributed by atoms with van der Waals surface area (Å²) in [5.41, 5.74) is 0. The molecule has 0 spiro atoms. The van der Waals surface area contributed by atoms with Gasteiger partial charge < -0.3 is 4.98 Å². The predicted octanol–water partition coefficient (Wildman–Crippen LogP) is -0.155. The molecule has 0 heterocycles. The molecule has 0 fully saturated rings. The number of hydrogen-bond donors (Lipinski definition) is 1. The fourth-order valence-corrected chi connectivity index (χ4v) is 3.06. The Morgan fingerprint density at radius 3 is 2.27 bits per heavy atom. The van der Waals surface area contributed by atoms with E-state index in [4.69, 9.17) is 6.42 Å². The van der Waals surface area contributed by atoms with E-state index in [1.165, 1.54) is 0 Å². The average molecular weight is 193 g/mol. The highest BCUT2D eigenvalue weighted by Gasteiger charge is 2.26. The van der Waals surface area contributed by atoms with Crippen LogP contribution in [0.5, 0.6) is 0 Å². The van der Waals surface area contributed by atoms with Crippen molar-refractivity contribution in [3.8, 4) is 11.7 Å². The van der Waals surface area contributed by atoms with Gasteiger partial charge in [-0.05, 0) is 20.1 Å². The molecule has 0 aromatic carbocycles.